The van der Waals surface area contributed by atoms with Gasteiger partial charge in [-0.15, -0.1) is 0 Å². The molecule has 3 aliphatic rings. The molecule has 2 saturated carbocycles. The molecular weight excluding hydrogens is 218 g/mol. The maximum atomic E-state index is 3.81. The van der Waals surface area contributed by atoms with Crippen molar-refractivity contribution < 1.29 is 0 Å². The van der Waals surface area contributed by atoms with Crippen LogP contribution >= 0.6 is 0 Å². The minimum Gasteiger partial charge on any atom is -0.316 e. The average molecular weight is 247 g/mol. The van der Waals surface area contributed by atoms with Gasteiger partial charge in [-0.1, -0.05) is 18.6 Å². The Morgan fingerprint density at radius 1 is 1.22 bits per heavy atom. The van der Waals surface area contributed by atoms with E-state index in [1.54, 1.807) is 5.57 Å². The number of hydrogen-bond acceptors (Lipinski definition) is 1. The third-order valence-electron chi connectivity index (χ3n) is 5.15. The van der Waals surface area contributed by atoms with Gasteiger partial charge in [0, 0.05) is 0 Å². The lowest BCUT2D eigenvalue weighted by atomic mass is 9.83. The van der Waals surface area contributed by atoms with Crippen molar-refractivity contribution in [1.82, 2.24) is 5.32 Å². The van der Waals surface area contributed by atoms with Gasteiger partial charge in [0.1, 0.15) is 0 Å². The van der Waals surface area contributed by atoms with Crippen LogP contribution in [0.25, 0.3) is 0 Å². The van der Waals surface area contributed by atoms with E-state index < -0.39 is 0 Å². The Bertz CT molecular complexity index is 300. The first-order chi connectivity index (χ1) is 8.72. The summed E-state index contributed by atoms with van der Waals surface area (Å²) in [4.78, 5) is 0. The molecule has 18 heavy (non-hydrogen) atoms. The van der Waals surface area contributed by atoms with Crippen molar-refractivity contribution in [1.29, 1.82) is 0 Å². The molecule has 1 nitrogen and oxygen atoms in total. The van der Waals surface area contributed by atoms with Crippen LogP contribution in [0.15, 0.2) is 11.6 Å². The number of allylic oxidation sites excluding steroid dienone is 2. The molecule has 102 valence electrons. The maximum absolute atomic E-state index is 3.81. The van der Waals surface area contributed by atoms with Crippen LogP contribution in [0.4, 0.5) is 0 Å². The molecule has 0 bridgehead atoms. The standard InChI is InChI=1S/C17H29N/c1-12-7-13(2)9-14(8-12)10-18-11-17(15-3-4-15)16-5-6-16/h7,12,14-18H,3-6,8-11H2,1-2H3. The Kier molecular flexibility index (Phi) is 3.79. The lowest BCUT2D eigenvalue weighted by Gasteiger charge is -2.26. The van der Waals surface area contributed by atoms with Gasteiger partial charge in [0.25, 0.3) is 0 Å². The van der Waals surface area contributed by atoms with Crippen molar-refractivity contribution >= 4 is 0 Å². The van der Waals surface area contributed by atoms with Gasteiger partial charge in [-0.3, -0.25) is 0 Å². The van der Waals surface area contributed by atoms with Crippen molar-refractivity contribution in [3.05, 3.63) is 11.6 Å². The second kappa shape index (κ2) is 5.36. The molecule has 1 N–H and O–H groups in total. The topological polar surface area (TPSA) is 12.0 Å². The fourth-order valence-corrected chi connectivity index (χ4v) is 4.06. The highest BCUT2D eigenvalue weighted by Crippen LogP contribution is 2.48. The van der Waals surface area contributed by atoms with Gasteiger partial charge >= 0.3 is 0 Å². The van der Waals surface area contributed by atoms with Crippen LogP contribution < -0.4 is 5.32 Å². The molecule has 2 atom stereocenters. The summed E-state index contributed by atoms with van der Waals surface area (Å²) in [5, 5.41) is 3.81. The first kappa shape index (κ1) is 12.7. The van der Waals surface area contributed by atoms with Gasteiger partial charge < -0.3 is 5.32 Å². The number of rotatable bonds is 6. The molecule has 0 radical (unpaired) electrons. The predicted octanol–water partition coefficient (Wildman–Crippen LogP) is 4.00. The van der Waals surface area contributed by atoms with E-state index in [9.17, 15) is 0 Å². The second-order valence-electron chi connectivity index (χ2n) is 7.29. The lowest BCUT2D eigenvalue weighted by molar-refractivity contribution is 0.335. The van der Waals surface area contributed by atoms with Crippen LogP contribution in [-0.4, -0.2) is 13.1 Å². The summed E-state index contributed by atoms with van der Waals surface area (Å²) in [7, 11) is 0. The van der Waals surface area contributed by atoms with E-state index >= 15 is 0 Å². The summed E-state index contributed by atoms with van der Waals surface area (Å²) < 4.78 is 0. The summed E-state index contributed by atoms with van der Waals surface area (Å²) in [5.74, 6) is 4.91. The molecule has 3 aliphatic carbocycles. The molecule has 0 aromatic rings. The predicted molar refractivity (Wildman–Crippen MR) is 77.5 cm³/mol. The van der Waals surface area contributed by atoms with Gasteiger partial charge in [-0.2, -0.15) is 0 Å². The van der Waals surface area contributed by atoms with E-state index in [1.807, 2.05) is 0 Å². The Labute approximate surface area is 112 Å². The normalized spacial score (nSPS) is 32.7. The Hall–Kier alpha value is -0.300. The summed E-state index contributed by atoms with van der Waals surface area (Å²) in [6.07, 6.45) is 11.3. The van der Waals surface area contributed by atoms with Crippen molar-refractivity contribution in [3.63, 3.8) is 0 Å². The van der Waals surface area contributed by atoms with Crippen molar-refractivity contribution in [2.45, 2.75) is 52.4 Å². The molecule has 2 unspecified atom stereocenters. The Morgan fingerprint density at radius 3 is 2.44 bits per heavy atom. The monoisotopic (exact) mass is 247 g/mol. The SMILES string of the molecule is CC1=CC(C)CC(CNCC(C2CC2)C2CC2)C1. The second-order valence-corrected chi connectivity index (χ2v) is 7.29. The van der Waals surface area contributed by atoms with E-state index in [0.29, 0.717) is 0 Å². The molecular formula is C17H29N. The largest absolute Gasteiger partial charge is 0.316 e. The average Bonchev–Trinajstić information content (AvgIpc) is 3.14. The molecule has 3 rings (SSSR count). The first-order valence-electron chi connectivity index (χ1n) is 8.10. The van der Waals surface area contributed by atoms with E-state index in [-0.39, 0.29) is 0 Å². The minimum atomic E-state index is 0.799. The molecule has 2 fully saturated rings. The Morgan fingerprint density at radius 2 is 1.89 bits per heavy atom. The molecule has 1 heteroatoms. The molecule has 0 heterocycles. The molecule has 0 amide bonds. The summed E-state index contributed by atoms with van der Waals surface area (Å²) in [6, 6.07) is 0. The maximum Gasteiger partial charge on any atom is -0.00151 e. The number of nitrogens with one attached hydrogen (secondary N) is 1. The zero-order chi connectivity index (χ0) is 12.5. The van der Waals surface area contributed by atoms with Crippen LogP contribution in [0.1, 0.15) is 52.4 Å². The van der Waals surface area contributed by atoms with E-state index in [4.69, 9.17) is 0 Å². The first-order valence-corrected chi connectivity index (χ1v) is 8.10. The zero-order valence-corrected chi connectivity index (χ0v) is 12.1. The van der Waals surface area contributed by atoms with Gasteiger partial charge in [-0.25, -0.2) is 0 Å². The van der Waals surface area contributed by atoms with E-state index in [1.165, 1.54) is 51.6 Å². The summed E-state index contributed by atoms with van der Waals surface area (Å²) in [5.41, 5.74) is 1.61. The fraction of sp³-hybridized carbons (Fsp3) is 0.882. The molecule has 0 aliphatic heterocycles. The smallest absolute Gasteiger partial charge is 0.00151 e. The van der Waals surface area contributed by atoms with Crippen LogP contribution in [0.3, 0.4) is 0 Å². The van der Waals surface area contributed by atoms with Crippen LogP contribution in [-0.2, 0) is 0 Å². The summed E-state index contributed by atoms with van der Waals surface area (Å²) in [6.45, 7) is 7.24. The van der Waals surface area contributed by atoms with Crippen molar-refractivity contribution in [2.24, 2.45) is 29.6 Å². The van der Waals surface area contributed by atoms with Crippen LogP contribution in [0.2, 0.25) is 0 Å². The van der Waals surface area contributed by atoms with Crippen molar-refractivity contribution in [2.75, 3.05) is 13.1 Å². The third-order valence-corrected chi connectivity index (χ3v) is 5.15. The van der Waals surface area contributed by atoms with Crippen LogP contribution in [0, 0.1) is 29.6 Å². The molecule has 0 saturated heterocycles. The molecule has 0 spiro atoms. The molecule has 0 aromatic carbocycles. The fourth-order valence-electron chi connectivity index (χ4n) is 4.06. The van der Waals surface area contributed by atoms with Gasteiger partial charge in [0.2, 0.25) is 0 Å². The molecule has 0 aromatic heterocycles. The van der Waals surface area contributed by atoms with E-state index in [2.05, 4.69) is 25.2 Å². The van der Waals surface area contributed by atoms with E-state index in [0.717, 1.165) is 29.6 Å². The minimum absolute atomic E-state index is 0.799. The quantitative estimate of drug-likeness (QED) is 0.699. The zero-order valence-electron chi connectivity index (χ0n) is 12.1. The highest BCUT2D eigenvalue weighted by Gasteiger charge is 2.40. The van der Waals surface area contributed by atoms with Gasteiger partial charge in [0.15, 0.2) is 0 Å². The summed E-state index contributed by atoms with van der Waals surface area (Å²) >= 11 is 0. The number of hydrogen-bond donors (Lipinski definition) is 1. The van der Waals surface area contributed by atoms with Crippen molar-refractivity contribution in [3.8, 4) is 0 Å². The third kappa shape index (κ3) is 3.38. The Balaban J connectivity index is 1.40. The van der Waals surface area contributed by atoms with Gasteiger partial charge in [-0.05, 0) is 88.1 Å². The lowest BCUT2D eigenvalue weighted by Crippen LogP contribution is -2.31. The highest BCUT2D eigenvalue weighted by molar-refractivity contribution is 5.06. The van der Waals surface area contributed by atoms with Gasteiger partial charge in [0.05, 0.1) is 0 Å². The highest BCUT2D eigenvalue weighted by atomic mass is 14.9. The van der Waals surface area contributed by atoms with Crippen LogP contribution in [0.5, 0.6) is 0 Å².